The van der Waals surface area contributed by atoms with Gasteiger partial charge < -0.3 is 21.1 Å². The molecule has 8 nitrogen and oxygen atoms in total. The third kappa shape index (κ3) is 4.61. The minimum absolute atomic E-state index is 0.00464. The normalized spacial score (nSPS) is 10.6. The fourth-order valence-corrected chi connectivity index (χ4v) is 2.34. The van der Waals surface area contributed by atoms with Gasteiger partial charge in [0.05, 0.1) is 30.6 Å². The van der Waals surface area contributed by atoms with Crippen LogP contribution in [0.25, 0.3) is 0 Å². The van der Waals surface area contributed by atoms with Crippen molar-refractivity contribution >= 4 is 23.7 Å². The van der Waals surface area contributed by atoms with E-state index in [-0.39, 0.29) is 24.7 Å². The van der Waals surface area contributed by atoms with Crippen molar-refractivity contribution in [3.8, 4) is 0 Å². The first-order chi connectivity index (χ1) is 13.1. The van der Waals surface area contributed by atoms with E-state index in [2.05, 4.69) is 25.7 Å². The summed E-state index contributed by atoms with van der Waals surface area (Å²) in [6.45, 7) is 0.326. The summed E-state index contributed by atoms with van der Waals surface area (Å²) >= 11 is 0. The van der Waals surface area contributed by atoms with Crippen LogP contribution in [-0.2, 0) is 13.1 Å². The number of nitrogens with zero attached hydrogens (tertiary/aromatic N) is 4. The molecule has 0 spiro atoms. The van der Waals surface area contributed by atoms with Gasteiger partial charge in [0.15, 0.2) is 0 Å². The molecule has 0 saturated heterocycles. The van der Waals surface area contributed by atoms with Crippen LogP contribution in [-0.4, -0.2) is 37.7 Å². The number of halogens is 2. The largest absolute Gasteiger partial charge is 0.394 e. The van der Waals surface area contributed by atoms with Gasteiger partial charge in [0, 0.05) is 30.7 Å². The zero-order valence-electron chi connectivity index (χ0n) is 14.2. The maximum absolute atomic E-state index is 13.8. The minimum Gasteiger partial charge on any atom is -0.394 e. The third-order valence-electron chi connectivity index (χ3n) is 3.65. The predicted molar refractivity (Wildman–Crippen MR) is 96.2 cm³/mol. The van der Waals surface area contributed by atoms with Crippen molar-refractivity contribution in [1.29, 1.82) is 5.41 Å². The standard InChI is InChI=1S/C17H17F2N7O/c18-13-1-2-15(19)11(5-13)7-21-16-12(6-20)8-22-17(25-16)24-14-9-23-26(10-14)3-4-27/h1-2,5-6,8-10,20,27H,3-4,7H2,(H2,21,22,24,25). The van der Waals surface area contributed by atoms with E-state index in [9.17, 15) is 8.78 Å². The molecule has 3 rings (SSSR count). The Morgan fingerprint density at radius 3 is 2.89 bits per heavy atom. The Morgan fingerprint density at radius 1 is 1.26 bits per heavy atom. The molecule has 0 unspecified atom stereocenters. The molecular weight excluding hydrogens is 356 g/mol. The van der Waals surface area contributed by atoms with Gasteiger partial charge in [-0.3, -0.25) is 4.68 Å². The molecule has 0 fully saturated rings. The SMILES string of the molecule is N=Cc1cnc(Nc2cnn(CCO)c2)nc1NCc1cc(F)ccc1F. The average Bonchev–Trinajstić information content (AvgIpc) is 3.10. The number of aromatic nitrogens is 4. The highest BCUT2D eigenvalue weighted by molar-refractivity contribution is 5.84. The summed E-state index contributed by atoms with van der Waals surface area (Å²) in [6.07, 6.45) is 5.73. The highest BCUT2D eigenvalue weighted by atomic mass is 19.1. The van der Waals surface area contributed by atoms with Gasteiger partial charge in [0.25, 0.3) is 0 Å². The molecule has 0 bridgehead atoms. The number of rotatable bonds is 8. The lowest BCUT2D eigenvalue weighted by Crippen LogP contribution is -2.08. The van der Waals surface area contributed by atoms with Crippen LogP contribution >= 0.6 is 0 Å². The number of nitrogens with one attached hydrogen (secondary N) is 3. The number of aliphatic hydroxyl groups excluding tert-OH is 1. The van der Waals surface area contributed by atoms with Crippen molar-refractivity contribution in [2.75, 3.05) is 17.2 Å². The van der Waals surface area contributed by atoms with Gasteiger partial charge in [-0.1, -0.05) is 0 Å². The number of hydrogen-bond donors (Lipinski definition) is 4. The van der Waals surface area contributed by atoms with Crippen molar-refractivity contribution in [3.63, 3.8) is 0 Å². The Kier molecular flexibility index (Phi) is 5.67. The van der Waals surface area contributed by atoms with Crippen LogP contribution in [0, 0.1) is 17.0 Å². The Balaban J connectivity index is 1.76. The first-order valence-corrected chi connectivity index (χ1v) is 8.04. The van der Waals surface area contributed by atoms with E-state index in [1.54, 1.807) is 17.1 Å². The average molecular weight is 373 g/mol. The summed E-state index contributed by atoms with van der Waals surface area (Å²) in [5.41, 5.74) is 1.16. The van der Waals surface area contributed by atoms with Gasteiger partial charge in [-0.05, 0) is 18.2 Å². The molecule has 0 aliphatic heterocycles. The molecule has 140 valence electrons. The van der Waals surface area contributed by atoms with Crippen LogP contribution in [0.3, 0.4) is 0 Å². The number of benzene rings is 1. The second-order valence-corrected chi connectivity index (χ2v) is 5.57. The molecule has 2 aromatic heterocycles. The van der Waals surface area contributed by atoms with Crippen LogP contribution in [0.15, 0.2) is 36.8 Å². The Labute approximate surface area is 153 Å². The minimum atomic E-state index is -0.538. The van der Waals surface area contributed by atoms with Crippen LogP contribution in [0.5, 0.6) is 0 Å². The van der Waals surface area contributed by atoms with E-state index in [1.807, 2.05) is 0 Å². The Morgan fingerprint density at radius 2 is 2.11 bits per heavy atom. The predicted octanol–water partition coefficient (Wildman–Crippen LogP) is 2.30. The first-order valence-electron chi connectivity index (χ1n) is 8.04. The monoisotopic (exact) mass is 373 g/mol. The molecule has 27 heavy (non-hydrogen) atoms. The highest BCUT2D eigenvalue weighted by Crippen LogP contribution is 2.18. The number of anilines is 3. The van der Waals surface area contributed by atoms with Gasteiger partial charge in [0.2, 0.25) is 5.95 Å². The molecular formula is C17H17F2N7O. The zero-order chi connectivity index (χ0) is 19.2. The number of aliphatic hydroxyl groups is 1. The lowest BCUT2D eigenvalue weighted by molar-refractivity contribution is 0.269. The van der Waals surface area contributed by atoms with Gasteiger partial charge >= 0.3 is 0 Å². The fraction of sp³-hybridized carbons (Fsp3) is 0.176. The van der Waals surface area contributed by atoms with E-state index in [0.717, 1.165) is 24.4 Å². The van der Waals surface area contributed by atoms with Gasteiger partial charge in [-0.2, -0.15) is 10.1 Å². The van der Waals surface area contributed by atoms with Crippen molar-refractivity contribution in [2.45, 2.75) is 13.1 Å². The van der Waals surface area contributed by atoms with Gasteiger partial charge in [0.1, 0.15) is 17.5 Å². The van der Waals surface area contributed by atoms with Crippen molar-refractivity contribution in [3.05, 3.63) is 59.6 Å². The molecule has 3 aromatic rings. The first kappa shape index (κ1) is 18.4. The molecule has 1 aromatic carbocycles. The maximum atomic E-state index is 13.8. The highest BCUT2D eigenvalue weighted by Gasteiger charge is 2.09. The summed E-state index contributed by atoms with van der Waals surface area (Å²) in [7, 11) is 0. The molecule has 0 aliphatic carbocycles. The molecule has 10 heteroatoms. The molecule has 2 heterocycles. The Hall–Kier alpha value is -3.40. The lowest BCUT2D eigenvalue weighted by Gasteiger charge is -2.11. The summed E-state index contributed by atoms with van der Waals surface area (Å²) in [5.74, 6) is -0.533. The quantitative estimate of drug-likeness (QED) is 0.451. The summed E-state index contributed by atoms with van der Waals surface area (Å²) in [6, 6.07) is 3.20. The lowest BCUT2D eigenvalue weighted by atomic mass is 10.2. The van der Waals surface area contributed by atoms with E-state index in [4.69, 9.17) is 10.5 Å². The summed E-state index contributed by atoms with van der Waals surface area (Å²) in [5, 5.41) is 26.3. The molecule has 0 amide bonds. The van der Waals surface area contributed by atoms with Gasteiger partial charge in [-0.15, -0.1) is 0 Å². The molecule has 0 saturated carbocycles. The molecule has 4 N–H and O–H groups in total. The van der Waals surface area contributed by atoms with Crippen LogP contribution in [0.4, 0.5) is 26.2 Å². The van der Waals surface area contributed by atoms with E-state index in [1.165, 1.54) is 6.20 Å². The van der Waals surface area contributed by atoms with E-state index in [0.29, 0.717) is 23.6 Å². The topological polar surface area (TPSA) is 112 Å². The second-order valence-electron chi connectivity index (χ2n) is 5.57. The van der Waals surface area contributed by atoms with E-state index >= 15 is 0 Å². The zero-order valence-corrected chi connectivity index (χ0v) is 14.2. The van der Waals surface area contributed by atoms with Crippen molar-refractivity contribution in [2.24, 2.45) is 0 Å². The molecule has 0 aliphatic rings. The van der Waals surface area contributed by atoms with Crippen LogP contribution in [0.2, 0.25) is 0 Å². The molecule has 0 radical (unpaired) electrons. The second kappa shape index (κ2) is 8.32. The van der Waals surface area contributed by atoms with E-state index < -0.39 is 11.6 Å². The van der Waals surface area contributed by atoms with Crippen LogP contribution < -0.4 is 10.6 Å². The third-order valence-corrected chi connectivity index (χ3v) is 3.65. The van der Waals surface area contributed by atoms with Crippen molar-refractivity contribution in [1.82, 2.24) is 19.7 Å². The smallest absolute Gasteiger partial charge is 0.229 e. The Bertz CT molecular complexity index is 945. The molecule has 0 atom stereocenters. The maximum Gasteiger partial charge on any atom is 0.229 e. The van der Waals surface area contributed by atoms with Gasteiger partial charge in [-0.25, -0.2) is 13.8 Å². The number of hydrogen-bond acceptors (Lipinski definition) is 7. The van der Waals surface area contributed by atoms with Crippen LogP contribution in [0.1, 0.15) is 11.1 Å². The van der Waals surface area contributed by atoms with Crippen molar-refractivity contribution < 1.29 is 13.9 Å². The summed E-state index contributed by atoms with van der Waals surface area (Å²) < 4.78 is 28.6. The summed E-state index contributed by atoms with van der Waals surface area (Å²) in [4.78, 5) is 8.39. The fourth-order valence-electron chi connectivity index (χ4n) is 2.34.